The minimum atomic E-state index is -4.30. The van der Waals surface area contributed by atoms with Gasteiger partial charge in [-0.25, -0.2) is 0 Å². The van der Waals surface area contributed by atoms with E-state index in [0.29, 0.717) is 18.4 Å². The van der Waals surface area contributed by atoms with Crippen LogP contribution in [0.1, 0.15) is 30.9 Å². The van der Waals surface area contributed by atoms with Gasteiger partial charge in [0.05, 0.1) is 17.7 Å². The fourth-order valence-electron chi connectivity index (χ4n) is 4.37. The molecule has 1 aliphatic heterocycles. The molecule has 0 bridgehead atoms. The molecule has 0 unspecified atom stereocenters. The number of carbonyl (C=O) groups excluding carboxylic acids is 1. The summed E-state index contributed by atoms with van der Waals surface area (Å²) in [7, 11) is 1.68. The van der Waals surface area contributed by atoms with Crippen LogP contribution < -0.4 is 5.32 Å². The van der Waals surface area contributed by atoms with E-state index in [2.05, 4.69) is 10.2 Å². The molecule has 0 radical (unpaired) electrons. The number of amides is 1. The Labute approximate surface area is 151 Å². The zero-order valence-electron chi connectivity index (χ0n) is 15.1. The fourth-order valence-corrected chi connectivity index (χ4v) is 4.37. The molecular weight excluding hydrogens is 345 g/mol. The third-order valence-corrected chi connectivity index (χ3v) is 5.57. The van der Waals surface area contributed by atoms with E-state index >= 15 is 0 Å². The van der Waals surface area contributed by atoms with Gasteiger partial charge >= 0.3 is 6.18 Å². The summed E-state index contributed by atoms with van der Waals surface area (Å²) in [6.07, 6.45) is -2.50. The second-order valence-electron chi connectivity index (χ2n) is 7.46. The van der Waals surface area contributed by atoms with E-state index in [-0.39, 0.29) is 18.1 Å². The molecule has 1 aromatic rings. The van der Waals surface area contributed by atoms with Crippen LogP contribution in [0.2, 0.25) is 0 Å². The summed E-state index contributed by atoms with van der Waals surface area (Å²) >= 11 is 0. The van der Waals surface area contributed by atoms with E-state index in [1.54, 1.807) is 19.2 Å². The summed E-state index contributed by atoms with van der Waals surface area (Å²) in [5.41, 5.74) is 0.274. The number of rotatable bonds is 4. The molecule has 1 aromatic carbocycles. The molecule has 0 spiro atoms. The van der Waals surface area contributed by atoms with Crippen molar-refractivity contribution in [1.82, 2.24) is 10.2 Å². The molecular formula is C19H25F3N2O2. The number of carbonyl (C=O) groups is 1. The molecule has 0 aromatic heterocycles. The van der Waals surface area contributed by atoms with Crippen LogP contribution in [0.5, 0.6) is 0 Å². The Kier molecular flexibility index (Phi) is 5.58. The Morgan fingerprint density at radius 2 is 1.81 bits per heavy atom. The molecule has 2 aliphatic rings. The van der Waals surface area contributed by atoms with E-state index in [4.69, 9.17) is 4.74 Å². The molecule has 1 N–H and O–H groups in total. The maximum atomic E-state index is 12.7. The molecule has 26 heavy (non-hydrogen) atoms. The van der Waals surface area contributed by atoms with Crippen LogP contribution in [0.3, 0.4) is 0 Å². The van der Waals surface area contributed by atoms with Crippen molar-refractivity contribution >= 4 is 5.91 Å². The number of halogens is 3. The van der Waals surface area contributed by atoms with Crippen LogP contribution >= 0.6 is 0 Å². The number of hydrogen-bond acceptors (Lipinski definition) is 3. The van der Waals surface area contributed by atoms with Gasteiger partial charge in [0.2, 0.25) is 5.91 Å². The average Bonchev–Trinajstić information content (AvgIpc) is 2.94. The van der Waals surface area contributed by atoms with Crippen LogP contribution in [0.4, 0.5) is 13.2 Å². The Bertz CT molecular complexity index is 633. The number of ether oxygens (including phenoxy) is 1. The molecule has 7 heteroatoms. The van der Waals surface area contributed by atoms with E-state index in [1.165, 1.54) is 6.92 Å². The van der Waals surface area contributed by atoms with E-state index in [1.807, 2.05) is 0 Å². The predicted octanol–water partition coefficient (Wildman–Crippen LogP) is 3.07. The van der Waals surface area contributed by atoms with Crippen molar-refractivity contribution in [3.63, 3.8) is 0 Å². The molecule has 4 atom stereocenters. The van der Waals surface area contributed by atoms with Gasteiger partial charge in [-0.1, -0.05) is 12.1 Å². The van der Waals surface area contributed by atoms with Crippen LogP contribution in [0, 0.1) is 11.8 Å². The molecule has 3 rings (SSSR count). The van der Waals surface area contributed by atoms with Gasteiger partial charge in [-0.2, -0.15) is 13.2 Å². The van der Waals surface area contributed by atoms with Crippen molar-refractivity contribution in [2.45, 2.75) is 44.6 Å². The van der Waals surface area contributed by atoms with Gasteiger partial charge < -0.3 is 10.1 Å². The number of methoxy groups -OCH3 is 1. The maximum Gasteiger partial charge on any atom is 0.416 e. The highest BCUT2D eigenvalue weighted by Gasteiger charge is 2.42. The lowest BCUT2D eigenvalue weighted by atomic mass is 9.77. The first kappa shape index (κ1) is 19.2. The summed E-state index contributed by atoms with van der Waals surface area (Å²) in [4.78, 5) is 13.7. The highest BCUT2D eigenvalue weighted by Crippen LogP contribution is 2.38. The van der Waals surface area contributed by atoms with Crippen molar-refractivity contribution in [2.75, 3.05) is 20.2 Å². The first-order chi connectivity index (χ1) is 12.3. The topological polar surface area (TPSA) is 41.6 Å². The van der Waals surface area contributed by atoms with Gasteiger partial charge in [0.1, 0.15) is 0 Å². The van der Waals surface area contributed by atoms with E-state index in [0.717, 1.165) is 43.6 Å². The molecule has 1 aliphatic carbocycles. The number of nitrogens with one attached hydrogen (secondary N) is 1. The summed E-state index contributed by atoms with van der Waals surface area (Å²) in [6.45, 7) is 3.98. The van der Waals surface area contributed by atoms with Gasteiger partial charge in [-0.15, -0.1) is 0 Å². The lowest BCUT2D eigenvalue weighted by molar-refractivity contribution is -0.137. The van der Waals surface area contributed by atoms with E-state index in [9.17, 15) is 18.0 Å². The van der Waals surface area contributed by atoms with Gasteiger partial charge in [0, 0.05) is 33.7 Å². The van der Waals surface area contributed by atoms with Gasteiger partial charge in [-0.05, 0) is 42.4 Å². The zero-order valence-corrected chi connectivity index (χ0v) is 15.1. The lowest BCUT2D eigenvalue weighted by Crippen LogP contribution is -2.49. The summed E-state index contributed by atoms with van der Waals surface area (Å²) in [5, 5.41) is 2.99. The standard InChI is InChI=1S/C19H25F3N2O2/c1-12(25)23-17-7-14-10-24(11-15(14)8-18(17)26-2)9-13-3-5-16(6-4-13)19(20,21)22/h3-6,14-15,17-18H,7-11H2,1-2H3,(H,23,25)/t14-,15+,17-,18-/m1/s1. The second kappa shape index (κ2) is 7.56. The number of alkyl halides is 3. The monoisotopic (exact) mass is 370 g/mol. The van der Waals surface area contributed by atoms with Crippen LogP contribution in [-0.2, 0) is 22.3 Å². The third kappa shape index (κ3) is 4.38. The number of benzene rings is 1. The molecule has 144 valence electrons. The molecule has 1 saturated carbocycles. The number of hydrogen-bond donors (Lipinski definition) is 1. The fraction of sp³-hybridized carbons (Fsp3) is 0.632. The smallest absolute Gasteiger partial charge is 0.379 e. The summed E-state index contributed by atoms with van der Waals surface area (Å²) in [6, 6.07) is 5.44. The van der Waals surface area contributed by atoms with Crippen molar-refractivity contribution in [3.05, 3.63) is 35.4 Å². The Morgan fingerprint density at radius 1 is 1.19 bits per heavy atom. The first-order valence-corrected chi connectivity index (χ1v) is 8.94. The quantitative estimate of drug-likeness (QED) is 0.886. The Morgan fingerprint density at radius 3 is 2.35 bits per heavy atom. The van der Waals surface area contributed by atoms with Crippen molar-refractivity contribution in [3.8, 4) is 0 Å². The summed E-state index contributed by atoms with van der Waals surface area (Å²) in [5.74, 6) is 0.933. The first-order valence-electron chi connectivity index (χ1n) is 8.94. The van der Waals surface area contributed by atoms with E-state index < -0.39 is 11.7 Å². The van der Waals surface area contributed by atoms with Crippen molar-refractivity contribution in [2.24, 2.45) is 11.8 Å². The van der Waals surface area contributed by atoms with Gasteiger partial charge in [-0.3, -0.25) is 9.69 Å². The molecule has 2 fully saturated rings. The van der Waals surface area contributed by atoms with Crippen LogP contribution in [0.15, 0.2) is 24.3 Å². The third-order valence-electron chi connectivity index (χ3n) is 5.57. The minimum absolute atomic E-state index is 0.0196. The average molecular weight is 370 g/mol. The van der Waals surface area contributed by atoms with Crippen LogP contribution in [0.25, 0.3) is 0 Å². The Balaban J connectivity index is 1.60. The molecule has 1 amide bonds. The second-order valence-corrected chi connectivity index (χ2v) is 7.46. The Hall–Kier alpha value is -1.60. The SMILES string of the molecule is CO[C@@H]1C[C@H]2CN(Cc3ccc(C(F)(F)F)cc3)C[C@H]2C[C@H]1NC(C)=O. The largest absolute Gasteiger partial charge is 0.416 e. The minimum Gasteiger partial charge on any atom is -0.379 e. The lowest BCUT2D eigenvalue weighted by Gasteiger charge is -2.37. The normalized spacial score (nSPS) is 29.4. The molecule has 1 heterocycles. The highest BCUT2D eigenvalue weighted by atomic mass is 19.4. The maximum absolute atomic E-state index is 12.7. The molecule has 1 saturated heterocycles. The zero-order chi connectivity index (χ0) is 18.9. The number of fused-ring (bicyclic) bond motifs is 1. The summed E-state index contributed by atoms with van der Waals surface area (Å²) < 4.78 is 43.6. The van der Waals surface area contributed by atoms with Gasteiger partial charge in [0.15, 0.2) is 0 Å². The number of likely N-dealkylation sites (tertiary alicyclic amines) is 1. The molecule has 4 nitrogen and oxygen atoms in total. The highest BCUT2D eigenvalue weighted by molar-refractivity contribution is 5.73. The van der Waals surface area contributed by atoms with Crippen molar-refractivity contribution < 1.29 is 22.7 Å². The van der Waals surface area contributed by atoms with Crippen LogP contribution in [-0.4, -0.2) is 43.2 Å². The predicted molar refractivity (Wildman–Crippen MR) is 91.3 cm³/mol. The number of nitrogens with zero attached hydrogens (tertiary/aromatic N) is 1. The van der Waals surface area contributed by atoms with Gasteiger partial charge in [0.25, 0.3) is 0 Å². The van der Waals surface area contributed by atoms with Crippen molar-refractivity contribution in [1.29, 1.82) is 0 Å².